The smallest absolute Gasteiger partial charge is 0.253 e. The molecule has 1 aromatic carbocycles. The van der Waals surface area contributed by atoms with Crippen LogP contribution in [0.15, 0.2) is 18.2 Å². The molecule has 104 valence electrons. The number of aryl methyl sites for hydroxylation is 1. The molecule has 0 radical (unpaired) electrons. The standard InChI is InChI=1S/C14H20N2O2S/c1-9-5-6-12(11(7-9)14(18)15-3)16-13(17)10(2)8-19-4/h5-7,10H,8H2,1-4H3,(H,15,18)(H,16,17)/t10-/m1/s1. The molecule has 0 saturated heterocycles. The SMILES string of the molecule is CNC(=O)c1cc(C)ccc1NC(=O)[C@H](C)CSC. The van der Waals surface area contributed by atoms with Crippen LogP contribution in [0.3, 0.4) is 0 Å². The molecule has 2 N–H and O–H groups in total. The van der Waals surface area contributed by atoms with Crippen LogP contribution in [-0.4, -0.2) is 30.9 Å². The van der Waals surface area contributed by atoms with E-state index in [0.717, 1.165) is 11.3 Å². The highest BCUT2D eigenvalue weighted by Crippen LogP contribution is 2.19. The van der Waals surface area contributed by atoms with Gasteiger partial charge in [0.05, 0.1) is 11.3 Å². The Morgan fingerprint density at radius 3 is 2.63 bits per heavy atom. The molecule has 1 atom stereocenters. The monoisotopic (exact) mass is 280 g/mol. The molecule has 1 aromatic rings. The molecule has 0 fully saturated rings. The Hall–Kier alpha value is -1.49. The van der Waals surface area contributed by atoms with Crippen LogP contribution in [-0.2, 0) is 4.79 Å². The number of anilines is 1. The summed E-state index contributed by atoms with van der Waals surface area (Å²) in [7, 11) is 1.58. The minimum Gasteiger partial charge on any atom is -0.355 e. The zero-order valence-electron chi connectivity index (χ0n) is 11.7. The minimum atomic E-state index is -0.198. The molecule has 0 bridgehead atoms. The summed E-state index contributed by atoms with van der Waals surface area (Å²) in [6.07, 6.45) is 1.96. The minimum absolute atomic E-state index is 0.0663. The van der Waals surface area contributed by atoms with Gasteiger partial charge >= 0.3 is 0 Å². The van der Waals surface area contributed by atoms with Crippen molar-refractivity contribution in [2.75, 3.05) is 24.4 Å². The largest absolute Gasteiger partial charge is 0.355 e. The van der Waals surface area contributed by atoms with Gasteiger partial charge in [-0.15, -0.1) is 0 Å². The number of amides is 2. The molecular formula is C14H20N2O2S. The molecule has 1 rings (SSSR count). The molecule has 0 aliphatic heterocycles. The number of rotatable bonds is 5. The van der Waals surface area contributed by atoms with Crippen LogP contribution in [0.25, 0.3) is 0 Å². The van der Waals surface area contributed by atoms with Crippen LogP contribution in [0.1, 0.15) is 22.8 Å². The second kappa shape index (κ2) is 7.19. The number of thioether (sulfide) groups is 1. The van der Waals surface area contributed by atoms with Gasteiger partial charge in [-0.3, -0.25) is 9.59 Å². The van der Waals surface area contributed by atoms with Gasteiger partial charge in [0.15, 0.2) is 0 Å². The summed E-state index contributed by atoms with van der Waals surface area (Å²) in [6.45, 7) is 3.79. The van der Waals surface area contributed by atoms with Gasteiger partial charge in [0.1, 0.15) is 0 Å². The van der Waals surface area contributed by atoms with Gasteiger partial charge in [0.2, 0.25) is 5.91 Å². The number of carbonyl (C=O) groups is 2. The van der Waals surface area contributed by atoms with E-state index >= 15 is 0 Å². The Balaban J connectivity index is 2.94. The zero-order chi connectivity index (χ0) is 14.4. The van der Waals surface area contributed by atoms with Gasteiger partial charge in [-0.25, -0.2) is 0 Å². The topological polar surface area (TPSA) is 58.2 Å². The van der Waals surface area contributed by atoms with Crippen molar-refractivity contribution < 1.29 is 9.59 Å². The van der Waals surface area contributed by atoms with E-state index < -0.39 is 0 Å². The molecule has 0 aliphatic rings. The average molecular weight is 280 g/mol. The zero-order valence-corrected chi connectivity index (χ0v) is 12.6. The first-order chi connectivity index (χ1) is 8.99. The van der Waals surface area contributed by atoms with Crippen LogP contribution in [0.5, 0.6) is 0 Å². The molecular weight excluding hydrogens is 260 g/mol. The van der Waals surface area contributed by atoms with E-state index in [0.29, 0.717) is 11.3 Å². The first-order valence-electron chi connectivity index (χ1n) is 6.12. The summed E-state index contributed by atoms with van der Waals surface area (Å²) in [6, 6.07) is 5.42. The van der Waals surface area contributed by atoms with Gasteiger partial charge < -0.3 is 10.6 Å². The molecule has 0 spiro atoms. The number of nitrogens with one attached hydrogen (secondary N) is 2. The maximum absolute atomic E-state index is 12.0. The predicted octanol–water partition coefficient (Wildman–Crippen LogP) is 2.29. The van der Waals surface area contributed by atoms with E-state index in [1.165, 1.54) is 0 Å². The van der Waals surface area contributed by atoms with E-state index in [1.807, 2.05) is 26.2 Å². The Labute approximate surface area is 118 Å². The second-order valence-electron chi connectivity index (χ2n) is 4.47. The van der Waals surface area contributed by atoms with E-state index in [9.17, 15) is 9.59 Å². The van der Waals surface area contributed by atoms with Crippen molar-refractivity contribution in [2.24, 2.45) is 5.92 Å². The van der Waals surface area contributed by atoms with Crippen molar-refractivity contribution in [3.05, 3.63) is 29.3 Å². The third kappa shape index (κ3) is 4.28. The van der Waals surface area contributed by atoms with E-state index in [1.54, 1.807) is 30.9 Å². The summed E-state index contributed by atoms with van der Waals surface area (Å²) in [5, 5.41) is 5.41. The highest BCUT2D eigenvalue weighted by atomic mass is 32.2. The lowest BCUT2D eigenvalue weighted by Crippen LogP contribution is -2.25. The van der Waals surface area contributed by atoms with Gasteiger partial charge in [0, 0.05) is 18.7 Å². The summed E-state index contributed by atoms with van der Waals surface area (Å²) in [5.74, 6) is 0.404. The fourth-order valence-electron chi connectivity index (χ4n) is 1.67. The van der Waals surface area contributed by atoms with E-state index in [2.05, 4.69) is 10.6 Å². The molecule has 0 aromatic heterocycles. The van der Waals surface area contributed by atoms with Crippen LogP contribution in [0.2, 0.25) is 0 Å². The first-order valence-corrected chi connectivity index (χ1v) is 7.51. The van der Waals surface area contributed by atoms with Crippen molar-refractivity contribution in [3.8, 4) is 0 Å². The maximum Gasteiger partial charge on any atom is 0.253 e. The number of carbonyl (C=O) groups excluding carboxylic acids is 2. The summed E-state index contributed by atoms with van der Waals surface area (Å²) in [5.41, 5.74) is 2.03. The lowest BCUT2D eigenvalue weighted by atomic mass is 10.1. The van der Waals surface area contributed by atoms with Gasteiger partial charge in [-0.2, -0.15) is 11.8 Å². The second-order valence-corrected chi connectivity index (χ2v) is 5.38. The van der Waals surface area contributed by atoms with Crippen LogP contribution < -0.4 is 10.6 Å². The van der Waals surface area contributed by atoms with E-state index in [-0.39, 0.29) is 17.7 Å². The Morgan fingerprint density at radius 1 is 1.37 bits per heavy atom. The Morgan fingerprint density at radius 2 is 2.05 bits per heavy atom. The highest BCUT2D eigenvalue weighted by Gasteiger charge is 2.16. The van der Waals surface area contributed by atoms with Crippen molar-refractivity contribution in [3.63, 3.8) is 0 Å². The van der Waals surface area contributed by atoms with Crippen LogP contribution >= 0.6 is 11.8 Å². The number of hydrogen-bond acceptors (Lipinski definition) is 3. The average Bonchev–Trinajstić information content (AvgIpc) is 2.40. The molecule has 0 aliphatic carbocycles. The number of hydrogen-bond donors (Lipinski definition) is 2. The van der Waals surface area contributed by atoms with Crippen molar-refractivity contribution in [2.45, 2.75) is 13.8 Å². The Bertz CT molecular complexity index is 475. The van der Waals surface area contributed by atoms with Gasteiger partial charge in [-0.1, -0.05) is 18.6 Å². The van der Waals surface area contributed by atoms with Crippen LogP contribution in [0.4, 0.5) is 5.69 Å². The molecule has 19 heavy (non-hydrogen) atoms. The predicted molar refractivity (Wildman–Crippen MR) is 80.7 cm³/mol. The lowest BCUT2D eigenvalue weighted by Gasteiger charge is -2.14. The van der Waals surface area contributed by atoms with Gasteiger partial charge in [-0.05, 0) is 25.3 Å². The van der Waals surface area contributed by atoms with Crippen molar-refractivity contribution in [1.82, 2.24) is 5.32 Å². The number of benzene rings is 1. The molecule has 5 heteroatoms. The fraction of sp³-hybridized carbons (Fsp3) is 0.429. The third-order valence-electron chi connectivity index (χ3n) is 2.77. The third-order valence-corrected chi connectivity index (χ3v) is 3.60. The quantitative estimate of drug-likeness (QED) is 0.870. The van der Waals surface area contributed by atoms with Crippen molar-refractivity contribution in [1.29, 1.82) is 0 Å². The molecule has 0 saturated carbocycles. The summed E-state index contributed by atoms with van der Waals surface area (Å²) in [4.78, 5) is 23.8. The van der Waals surface area contributed by atoms with Crippen LogP contribution in [0, 0.1) is 12.8 Å². The van der Waals surface area contributed by atoms with Crippen molar-refractivity contribution >= 4 is 29.3 Å². The lowest BCUT2D eigenvalue weighted by molar-refractivity contribution is -0.118. The normalized spacial score (nSPS) is 11.8. The molecule has 0 unspecified atom stereocenters. The molecule has 0 heterocycles. The maximum atomic E-state index is 12.0. The molecule has 4 nitrogen and oxygen atoms in total. The summed E-state index contributed by atoms with van der Waals surface area (Å²) >= 11 is 1.63. The first kappa shape index (κ1) is 15.6. The highest BCUT2D eigenvalue weighted by molar-refractivity contribution is 7.98. The fourth-order valence-corrected chi connectivity index (χ4v) is 2.32. The van der Waals surface area contributed by atoms with E-state index in [4.69, 9.17) is 0 Å². The Kier molecular flexibility index (Phi) is 5.89. The molecule has 2 amide bonds. The van der Waals surface area contributed by atoms with Gasteiger partial charge in [0.25, 0.3) is 5.91 Å². The summed E-state index contributed by atoms with van der Waals surface area (Å²) < 4.78 is 0.